The standard InChI is InChI=1S/C27H34F2N4O/c1-7-9-22-10-11-23-24(17-22)32(19-31-23)18-26(4)12-8-14-33(21(3)34-15-13-26)20(2)16-25(30-6)27(5,28)29/h10-11,16-17,19H,3,8,12-15,18H2,1-2,4-6H3/b20-16+,30-25?. The minimum absolute atomic E-state index is 0.0273. The van der Waals surface area contributed by atoms with Crippen molar-refractivity contribution in [2.24, 2.45) is 10.4 Å². The van der Waals surface area contributed by atoms with Gasteiger partial charge in [0.05, 0.1) is 24.0 Å². The molecule has 2 aromatic rings. The average Bonchev–Trinajstić information content (AvgIpc) is 3.17. The number of imidazole rings is 1. The van der Waals surface area contributed by atoms with Crippen LogP contribution in [-0.4, -0.2) is 46.3 Å². The molecule has 0 saturated carbocycles. The van der Waals surface area contributed by atoms with Crippen LogP contribution in [0.3, 0.4) is 0 Å². The lowest BCUT2D eigenvalue weighted by Gasteiger charge is -2.29. The highest BCUT2D eigenvalue weighted by Crippen LogP contribution is 2.34. The van der Waals surface area contributed by atoms with E-state index >= 15 is 0 Å². The molecule has 1 atom stereocenters. The first kappa shape index (κ1) is 25.5. The molecule has 0 amide bonds. The zero-order chi connectivity index (χ0) is 24.9. The van der Waals surface area contributed by atoms with E-state index in [2.05, 4.69) is 46.0 Å². The van der Waals surface area contributed by atoms with Gasteiger partial charge >= 0.3 is 0 Å². The van der Waals surface area contributed by atoms with Gasteiger partial charge in [0, 0.05) is 38.3 Å². The van der Waals surface area contributed by atoms with E-state index in [4.69, 9.17) is 4.74 Å². The van der Waals surface area contributed by atoms with Gasteiger partial charge in [0.1, 0.15) is 5.71 Å². The van der Waals surface area contributed by atoms with Crippen molar-refractivity contribution in [3.63, 3.8) is 0 Å². The van der Waals surface area contributed by atoms with Crippen LogP contribution in [0.1, 0.15) is 52.5 Å². The first-order valence-corrected chi connectivity index (χ1v) is 11.6. The fourth-order valence-corrected chi connectivity index (χ4v) is 4.42. The molecule has 5 nitrogen and oxygen atoms in total. The van der Waals surface area contributed by atoms with Crippen molar-refractivity contribution in [1.82, 2.24) is 14.5 Å². The number of rotatable bonds is 5. The van der Waals surface area contributed by atoms with Crippen molar-refractivity contribution in [1.29, 1.82) is 0 Å². The average molecular weight is 469 g/mol. The summed E-state index contributed by atoms with van der Waals surface area (Å²) in [6.07, 6.45) is 5.96. The zero-order valence-electron chi connectivity index (χ0n) is 20.8. The van der Waals surface area contributed by atoms with Crippen LogP contribution in [0.2, 0.25) is 0 Å². The molecule has 1 aromatic heterocycles. The van der Waals surface area contributed by atoms with Crippen molar-refractivity contribution in [2.45, 2.75) is 59.4 Å². The third kappa shape index (κ3) is 6.05. The Morgan fingerprint density at radius 1 is 1.38 bits per heavy atom. The molecule has 1 aliphatic heterocycles. The Balaban J connectivity index is 1.78. The summed E-state index contributed by atoms with van der Waals surface area (Å²) < 4.78 is 35.8. The molecule has 1 saturated heterocycles. The van der Waals surface area contributed by atoms with Gasteiger partial charge < -0.3 is 14.2 Å². The van der Waals surface area contributed by atoms with Gasteiger partial charge in [-0.3, -0.25) is 4.99 Å². The van der Waals surface area contributed by atoms with Crippen LogP contribution in [-0.2, 0) is 11.3 Å². The number of hydrogen-bond acceptors (Lipinski definition) is 4. The summed E-state index contributed by atoms with van der Waals surface area (Å²) in [5, 5.41) is 0. The van der Waals surface area contributed by atoms with Crippen molar-refractivity contribution in [3.05, 3.63) is 54.3 Å². The Hall–Kier alpha value is -3.14. The first-order chi connectivity index (χ1) is 16.1. The molecular weight excluding hydrogens is 434 g/mol. The van der Waals surface area contributed by atoms with Gasteiger partial charge in [-0.2, -0.15) is 8.78 Å². The number of fused-ring (bicyclic) bond motifs is 1. The molecule has 1 fully saturated rings. The van der Waals surface area contributed by atoms with Crippen LogP contribution < -0.4 is 0 Å². The maximum Gasteiger partial charge on any atom is 0.286 e. The van der Waals surface area contributed by atoms with Gasteiger partial charge in [-0.15, -0.1) is 5.92 Å². The Morgan fingerprint density at radius 2 is 2.15 bits per heavy atom. The minimum atomic E-state index is -3.01. The van der Waals surface area contributed by atoms with Crippen LogP contribution >= 0.6 is 0 Å². The Morgan fingerprint density at radius 3 is 2.82 bits per heavy atom. The number of allylic oxidation sites excluding steroid dienone is 2. The maximum absolute atomic E-state index is 13.8. The molecule has 0 spiro atoms. The van der Waals surface area contributed by atoms with Crippen molar-refractivity contribution < 1.29 is 13.5 Å². The SMILES string of the molecule is C=C1OCCC(C)(Cn2cnc3ccc(C#CC)cc32)CCCN1/C(C)=C/C(=NC)C(C)(F)F. The van der Waals surface area contributed by atoms with Crippen LogP contribution in [0, 0.1) is 17.3 Å². The van der Waals surface area contributed by atoms with E-state index in [1.807, 2.05) is 30.3 Å². The fraction of sp³-hybridized carbons (Fsp3) is 0.481. The summed E-state index contributed by atoms with van der Waals surface area (Å²) in [6.45, 7) is 12.7. The van der Waals surface area contributed by atoms with Gasteiger partial charge in [0.25, 0.3) is 5.92 Å². The van der Waals surface area contributed by atoms with E-state index in [1.165, 1.54) is 13.1 Å². The van der Waals surface area contributed by atoms with Crippen molar-refractivity contribution in [3.8, 4) is 11.8 Å². The summed E-state index contributed by atoms with van der Waals surface area (Å²) in [5.74, 6) is 3.53. The normalized spacial score (nSPS) is 20.8. The lowest BCUT2D eigenvalue weighted by molar-refractivity contribution is 0.100. The highest BCUT2D eigenvalue weighted by molar-refractivity contribution is 6.00. The molecule has 7 heteroatoms. The monoisotopic (exact) mass is 468 g/mol. The van der Waals surface area contributed by atoms with Gasteiger partial charge in [-0.1, -0.05) is 12.8 Å². The van der Waals surface area contributed by atoms with E-state index in [0.717, 1.165) is 49.3 Å². The molecule has 0 N–H and O–H groups in total. The molecule has 0 bridgehead atoms. The number of aliphatic imine (C=N–C) groups is 1. The predicted molar refractivity (Wildman–Crippen MR) is 134 cm³/mol. The topological polar surface area (TPSA) is 42.6 Å². The second kappa shape index (κ2) is 10.4. The van der Waals surface area contributed by atoms with Crippen LogP contribution in [0.4, 0.5) is 8.78 Å². The molecule has 0 aliphatic carbocycles. The molecule has 3 rings (SSSR count). The largest absolute Gasteiger partial charge is 0.479 e. The summed E-state index contributed by atoms with van der Waals surface area (Å²) in [5.41, 5.74) is 3.34. The quantitative estimate of drug-likeness (QED) is 0.398. The van der Waals surface area contributed by atoms with Crippen molar-refractivity contribution in [2.75, 3.05) is 20.2 Å². The Labute approximate surface area is 201 Å². The molecular formula is C27H34F2N4O. The second-order valence-corrected chi connectivity index (χ2v) is 9.29. The van der Waals surface area contributed by atoms with Crippen LogP contribution in [0.25, 0.3) is 11.0 Å². The van der Waals surface area contributed by atoms with Gasteiger partial charge in [-0.05, 0) is 69.4 Å². The number of hydrogen-bond donors (Lipinski definition) is 0. The van der Waals surface area contributed by atoms with E-state index in [1.54, 1.807) is 6.92 Å². The van der Waals surface area contributed by atoms with Crippen LogP contribution in [0.15, 0.2) is 53.8 Å². The Bertz CT molecular complexity index is 1160. The molecule has 182 valence electrons. The number of aromatic nitrogens is 2. The number of alkyl halides is 2. The van der Waals surface area contributed by atoms with Crippen LogP contribution in [0.5, 0.6) is 0 Å². The molecule has 1 unspecified atom stereocenters. The minimum Gasteiger partial charge on any atom is -0.479 e. The molecule has 1 aromatic carbocycles. The summed E-state index contributed by atoms with van der Waals surface area (Å²) >= 11 is 0. The lowest BCUT2D eigenvalue weighted by Crippen LogP contribution is -2.27. The van der Waals surface area contributed by atoms with Gasteiger partial charge in [0.15, 0.2) is 5.88 Å². The number of ether oxygens (including phenoxy) is 1. The highest BCUT2D eigenvalue weighted by Gasteiger charge is 2.30. The van der Waals surface area contributed by atoms with Crippen molar-refractivity contribution >= 4 is 16.7 Å². The van der Waals surface area contributed by atoms with Gasteiger partial charge in [0.2, 0.25) is 0 Å². The maximum atomic E-state index is 13.8. The fourth-order valence-electron chi connectivity index (χ4n) is 4.42. The third-order valence-corrected chi connectivity index (χ3v) is 6.34. The molecule has 0 radical (unpaired) electrons. The van der Waals surface area contributed by atoms with Gasteiger partial charge in [-0.25, -0.2) is 4.98 Å². The number of benzene rings is 1. The first-order valence-electron chi connectivity index (χ1n) is 11.6. The zero-order valence-corrected chi connectivity index (χ0v) is 20.8. The summed E-state index contributed by atoms with van der Waals surface area (Å²) in [6, 6.07) is 6.08. The number of halogens is 2. The number of nitrogens with zero attached hydrogens (tertiary/aromatic N) is 4. The molecule has 2 heterocycles. The van der Waals surface area contributed by atoms with E-state index in [-0.39, 0.29) is 11.1 Å². The van der Waals surface area contributed by atoms with E-state index < -0.39 is 5.92 Å². The summed E-state index contributed by atoms with van der Waals surface area (Å²) in [7, 11) is 1.38. The molecule has 34 heavy (non-hydrogen) atoms. The summed E-state index contributed by atoms with van der Waals surface area (Å²) in [4.78, 5) is 10.2. The lowest BCUT2D eigenvalue weighted by atomic mass is 9.82. The third-order valence-electron chi connectivity index (χ3n) is 6.34. The predicted octanol–water partition coefficient (Wildman–Crippen LogP) is 6.02. The smallest absolute Gasteiger partial charge is 0.286 e. The Kier molecular flexibility index (Phi) is 7.81. The highest BCUT2D eigenvalue weighted by atomic mass is 19.3. The molecule has 1 aliphatic rings. The second-order valence-electron chi connectivity index (χ2n) is 9.29. The van der Waals surface area contributed by atoms with E-state index in [9.17, 15) is 8.78 Å². The van der Waals surface area contributed by atoms with E-state index in [0.29, 0.717) is 24.7 Å².